The van der Waals surface area contributed by atoms with E-state index in [0.29, 0.717) is 17.8 Å². The summed E-state index contributed by atoms with van der Waals surface area (Å²) >= 11 is 0. The fraction of sp³-hybridized carbons (Fsp3) is 0.133. The molecule has 0 unspecified atom stereocenters. The molecule has 0 aliphatic rings. The summed E-state index contributed by atoms with van der Waals surface area (Å²) in [6, 6.07) is 13.7. The monoisotopic (exact) mass is 259 g/mol. The minimum atomic E-state index is -0.936. The van der Waals surface area contributed by atoms with Gasteiger partial charge in [-0.1, -0.05) is 36.4 Å². The Morgan fingerprint density at radius 3 is 2.58 bits per heavy atom. The molecule has 2 aromatic rings. The maximum absolute atomic E-state index is 13.2. The minimum absolute atomic E-state index is 0.128. The van der Waals surface area contributed by atoms with Crippen molar-refractivity contribution >= 4 is 11.7 Å². The molecular formula is C15H14FNO2. The maximum atomic E-state index is 13.2. The molecule has 0 saturated carbocycles. The van der Waals surface area contributed by atoms with E-state index in [1.165, 1.54) is 18.2 Å². The Morgan fingerprint density at radius 2 is 1.89 bits per heavy atom. The highest BCUT2D eigenvalue weighted by molar-refractivity contribution is 5.73. The Balaban J connectivity index is 2.14. The molecule has 0 spiro atoms. The molecule has 2 rings (SSSR count). The van der Waals surface area contributed by atoms with Crippen molar-refractivity contribution in [2.24, 2.45) is 0 Å². The predicted molar refractivity (Wildman–Crippen MR) is 71.5 cm³/mol. The summed E-state index contributed by atoms with van der Waals surface area (Å²) in [5.41, 5.74) is 2.14. The average molecular weight is 259 g/mol. The molecule has 0 amide bonds. The number of benzene rings is 2. The van der Waals surface area contributed by atoms with E-state index in [9.17, 15) is 9.18 Å². The highest BCUT2D eigenvalue weighted by atomic mass is 19.1. The molecule has 0 aliphatic carbocycles. The Hall–Kier alpha value is -2.36. The summed E-state index contributed by atoms with van der Waals surface area (Å²) in [5.74, 6) is -1.32. The van der Waals surface area contributed by atoms with Crippen LogP contribution in [0, 0.1) is 5.82 Å². The fourth-order valence-electron chi connectivity index (χ4n) is 1.82. The summed E-state index contributed by atoms with van der Waals surface area (Å²) in [6.45, 7) is 0.525. The van der Waals surface area contributed by atoms with Gasteiger partial charge >= 0.3 is 5.97 Å². The van der Waals surface area contributed by atoms with E-state index < -0.39 is 5.97 Å². The first kappa shape index (κ1) is 13.1. The maximum Gasteiger partial charge on any atom is 0.307 e. The number of hydrogen-bond donors (Lipinski definition) is 2. The Kier molecular flexibility index (Phi) is 4.13. The van der Waals surface area contributed by atoms with Crippen molar-refractivity contribution in [1.82, 2.24) is 0 Å². The van der Waals surface area contributed by atoms with Crippen molar-refractivity contribution in [1.29, 1.82) is 0 Å². The zero-order valence-electron chi connectivity index (χ0n) is 10.3. The highest BCUT2D eigenvalue weighted by Crippen LogP contribution is 2.19. The number of halogens is 1. The van der Waals surface area contributed by atoms with Gasteiger partial charge in [-0.2, -0.15) is 0 Å². The van der Waals surface area contributed by atoms with Crippen LogP contribution < -0.4 is 5.32 Å². The van der Waals surface area contributed by atoms with Gasteiger partial charge in [0.25, 0.3) is 0 Å². The van der Waals surface area contributed by atoms with E-state index >= 15 is 0 Å². The first-order valence-electron chi connectivity index (χ1n) is 5.93. The van der Waals surface area contributed by atoms with Crippen LogP contribution in [-0.4, -0.2) is 11.1 Å². The SMILES string of the molecule is O=C(O)Cc1ccc(F)cc1NCc1ccccc1. The van der Waals surface area contributed by atoms with Crippen molar-refractivity contribution in [2.45, 2.75) is 13.0 Å². The van der Waals surface area contributed by atoms with Crippen LogP contribution in [0.3, 0.4) is 0 Å². The van der Waals surface area contributed by atoms with Crippen molar-refractivity contribution < 1.29 is 14.3 Å². The molecule has 19 heavy (non-hydrogen) atoms. The van der Waals surface area contributed by atoms with E-state index in [2.05, 4.69) is 5.32 Å². The van der Waals surface area contributed by atoms with Crippen LogP contribution in [0.1, 0.15) is 11.1 Å². The van der Waals surface area contributed by atoms with Crippen LogP contribution in [0.4, 0.5) is 10.1 Å². The van der Waals surface area contributed by atoms with E-state index in [-0.39, 0.29) is 12.2 Å². The molecule has 0 saturated heterocycles. The van der Waals surface area contributed by atoms with Gasteiger partial charge in [0, 0.05) is 12.2 Å². The van der Waals surface area contributed by atoms with Crippen LogP contribution in [0.15, 0.2) is 48.5 Å². The van der Waals surface area contributed by atoms with E-state index in [0.717, 1.165) is 5.56 Å². The summed E-state index contributed by atoms with van der Waals surface area (Å²) < 4.78 is 13.2. The van der Waals surface area contributed by atoms with Gasteiger partial charge < -0.3 is 10.4 Å². The lowest BCUT2D eigenvalue weighted by molar-refractivity contribution is -0.136. The Morgan fingerprint density at radius 1 is 1.16 bits per heavy atom. The van der Waals surface area contributed by atoms with E-state index in [1.807, 2.05) is 30.3 Å². The Labute approximate surface area is 110 Å². The molecule has 4 heteroatoms. The second-order valence-electron chi connectivity index (χ2n) is 4.21. The standard InChI is InChI=1S/C15H14FNO2/c16-13-7-6-12(8-15(18)19)14(9-13)17-10-11-4-2-1-3-5-11/h1-7,9,17H,8,10H2,(H,18,19). The largest absolute Gasteiger partial charge is 0.481 e. The van der Waals surface area contributed by atoms with Crippen LogP contribution in [0.2, 0.25) is 0 Å². The molecule has 2 aromatic carbocycles. The molecule has 3 nitrogen and oxygen atoms in total. The number of carbonyl (C=O) groups is 1. The van der Waals surface area contributed by atoms with E-state index in [4.69, 9.17) is 5.11 Å². The van der Waals surface area contributed by atoms with Gasteiger partial charge in [0.1, 0.15) is 5.82 Å². The third-order valence-corrected chi connectivity index (χ3v) is 2.74. The molecule has 0 atom stereocenters. The van der Waals surface area contributed by atoms with Gasteiger partial charge in [-0.25, -0.2) is 4.39 Å². The third-order valence-electron chi connectivity index (χ3n) is 2.74. The molecule has 0 aliphatic heterocycles. The van der Waals surface area contributed by atoms with Crippen LogP contribution >= 0.6 is 0 Å². The lowest BCUT2D eigenvalue weighted by Gasteiger charge is -2.11. The number of rotatable bonds is 5. The number of nitrogens with one attached hydrogen (secondary N) is 1. The Bertz CT molecular complexity index is 570. The zero-order valence-corrected chi connectivity index (χ0v) is 10.3. The molecule has 0 fully saturated rings. The fourth-order valence-corrected chi connectivity index (χ4v) is 1.82. The molecule has 98 valence electrons. The molecule has 0 aromatic heterocycles. The quantitative estimate of drug-likeness (QED) is 0.867. The van der Waals surface area contributed by atoms with Gasteiger partial charge in [0.05, 0.1) is 6.42 Å². The second-order valence-corrected chi connectivity index (χ2v) is 4.21. The normalized spacial score (nSPS) is 10.2. The third kappa shape index (κ3) is 3.81. The van der Waals surface area contributed by atoms with Crippen molar-refractivity contribution in [3.63, 3.8) is 0 Å². The van der Waals surface area contributed by atoms with Crippen molar-refractivity contribution in [3.8, 4) is 0 Å². The number of carboxylic acids is 1. The summed E-state index contributed by atoms with van der Waals surface area (Å²) in [4.78, 5) is 10.8. The van der Waals surface area contributed by atoms with Crippen LogP contribution in [0.5, 0.6) is 0 Å². The molecule has 0 heterocycles. The van der Waals surface area contributed by atoms with Crippen molar-refractivity contribution in [3.05, 3.63) is 65.5 Å². The molecule has 2 N–H and O–H groups in total. The lowest BCUT2D eigenvalue weighted by Crippen LogP contribution is -2.07. The minimum Gasteiger partial charge on any atom is -0.481 e. The first-order valence-corrected chi connectivity index (χ1v) is 5.93. The zero-order chi connectivity index (χ0) is 13.7. The molecular weight excluding hydrogens is 245 g/mol. The highest BCUT2D eigenvalue weighted by Gasteiger charge is 2.08. The van der Waals surface area contributed by atoms with Crippen LogP contribution in [0.25, 0.3) is 0 Å². The van der Waals surface area contributed by atoms with Crippen LogP contribution in [-0.2, 0) is 17.8 Å². The summed E-state index contributed by atoms with van der Waals surface area (Å²) in [7, 11) is 0. The van der Waals surface area contributed by atoms with Gasteiger partial charge in [0.2, 0.25) is 0 Å². The number of anilines is 1. The topological polar surface area (TPSA) is 49.3 Å². The smallest absolute Gasteiger partial charge is 0.307 e. The number of aliphatic carboxylic acids is 1. The first-order chi connectivity index (χ1) is 9.15. The molecule has 0 bridgehead atoms. The van der Waals surface area contributed by atoms with Gasteiger partial charge in [-0.15, -0.1) is 0 Å². The number of carboxylic acid groups (broad SMARTS) is 1. The number of hydrogen-bond acceptors (Lipinski definition) is 2. The summed E-state index contributed by atoms with van der Waals surface area (Å²) in [6.07, 6.45) is -0.128. The van der Waals surface area contributed by atoms with E-state index in [1.54, 1.807) is 0 Å². The summed E-state index contributed by atoms with van der Waals surface area (Å²) in [5, 5.41) is 11.9. The van der Waals surface area contributed by atoms with Gasteiger partial charge in [0.15, 0.2) is 0 Å². The lowest BCUT2D eigenvalue weighted by atomic mass is 10.1. The van der Waals surface area contributed by atoms with Crippen molar-refractivity contribution in [2.75, 3.05) is 5.32 Å². The predicted octanol–water partition coefficient (Wildman–Crippen LogP) is 3.06. The second kappa shape index (κ2) is 6.00. The van der Waals surface area contributed by atoms with Gasteiger partial charge in [-0.3, -0.25) is 4.79 Å². The average Bonchev–Trinajstić information content (AvgIpc) is 2.40. The molecule has 0 radical (unpaired) electrons. The van der Waals surface area contributed by atoms with Gasteiger partial charge in [-0.05, 0) is 23.3 Å².